The van der Waals surface area contributed by atoms with Crippen LogP contribution in [0.15, 0.2) is 25.3 Å². The van der Waals surface area contributed by atoms with Gasteiger partial charge in [-0.05, 0) is 37.5 Å². The van der Waals surface area contributed by atoms with Gasteiger partial charge in [0.1, 0.15) is 0 Å². The van der Waals surface area contributed by atoms with Crippen LogP contribution in [0.4, 0.5) is 0 Å². The standard InChI is InChI=1S/C12H20O2/c1-3-11(13)9-5-7-10(8-6-9)12(14)4-2/h3-4,9-14H,1-2,5-8H2. The van der Waals surface area contributed by atoms with Crippen LogP contribution in [0.25, 0.3) is 0 Å². The van der Waals surface area contributed by atoms with E-state index in [4.69, 9.17) is 0 Å². The van der Waals surface area contributed by atoms with Crippen LogP contribution in [0.3, 0.4) is 0 Å². The third-order valence-electron chi connectivity index (χ3n) is 3.27. The second-order valence-electron chi connectivity index (χ2n) is 4.13. The summed E-state index contributed by atoms with van der Waals surface area (Å²) in [7, 11) is 0. The van der Waals surface area contributed by atoms with Crippen LogP contribution < -0.4 is 0 Å². The Morgan fingerprint density at radius 1 is 0.857 bits per heavy atom. The molecule has 1 aliphatic rings. The summed E-state index contributed by atoms with van der Waals surface area (Å²) in [5.74, 6) is 0.668. The van der Waals surface area contributed by atoms with Crippen LogP contribution in [0, 0.1) is 11.8 Å². The van der Waals surface area contributed by atoms with Gasteiger partial charge in [-0.15, -0.1) is 13.2 Å². The fourth-order valence-corrected chi connectivity index (χ4v) is 2.21. The highest BCUT2D eigenvalue weighted by molar-refractivity contribution is 4.91. The Bertz CT molecular complexity index is 170. The van der Waals surface area contributed by atoms with Crippen molar-refractivity contribution in [3.63, 3.8) is 0 Å². The Labute approximate surface area is 86.0 Å². The highest BCUT2D eigenvalue weighted by atomic mass is 16.3. The van der Waals surface area contributed by atoms with Crippen LogP contribution in [-0.2, 0) is 0 Å². The molecular weight excluding hydrogens is 176 g/mol. The Morgan fingerprint density at radius 2 is 1.14 bits per heavy atom. The Morgan fingerprint density at radius 3 is 1.36 bits per heavy atom. The molecule has 0 aromatic heterocycles. The second kappa shape index (κ2) is 5.32. The van der Waals surface area contributed by atoms with Crippen LogP contribution in [0.5, 0.6) is 0 Å². The average molecular weight is 196 g/mol. The first-order valence-corrected chi connectivity index (χ1v) is 5.30. The second-order valence-corrected chi connectivity index (χ2v) is 4.13. The molecule has 2 nitrogen and oxygen atoms in total. The van der Waals surface area contributed by atoms with E-state index in [0.717, 1.165) is 25.7 Å². The molecule has 1 rings (SSSR count). The minimum atomic E-state index is -0.378. The summed E-state index contributed by atoms with van der Waals surface area (Å²) in [4.78, 5) is 0. The van der Waals surface area contributed by atoms with E-state index in [0.29, 0.717) is 11.8 Å². The van der Waals surface area contributed by atoms with Gasteiger partial charge in [-0.2, -0.15) is 0 Å². The van der Waals surface area contributed by atoms with Gasteiger partial charge >= 0.3 is 0 Å². The molecule has 0 saturated heterocycles. The molecule has 0 spiro atoms. The Hall–Kier alpha value is -0.600. The van der Waals surface area contributed by atoms with Crippen LogP contribution >= 0.6 is 0 Å². The monoisotopic (exact) mass is 196 g/mol. The molecule has 0 amide bonds. The lowest BCUT2D eigenvalue weighted by Crippen LogP contribution is -2.28. The minimum absolute atomic E-state index is 0.334. The summed E-state index contributed by atoms with van der Waals surface area (Å²) in [6.07, 6.45) is 6.36. The summed E-state index contributed by atoms with van der Waals surface area (Å²) in [6, 6.07) is 0. The summed E-state index contributed by atoms with van der Waals surface area (Å²) in [5.41, 5.74) is 0. The lowest BCUT2D eigenvalue weighted by atomic mass is 9.77. The van der Waals surface area contributed by atoms with E-state index >= 15 is 0 Å². The molecule has 0 heterocycles. The third-order valence-corrected chi connectivity index (χ3v) is 3.27. The van der Waals surface area contributed by atoms with E-state index in [1.807, 2.05) is 0 Å². The first-order chi connectivity index (χ1) is 6.69. The van der Waals surface area contributed by atoms with Crippen molar-refractivity contribution in [2.45, 2.75) is 37.9 Å². The van der Waals surface area contributed by atoms with E-state index in [-0.39, 0.29) is 12.2 Å². The Kier molecular flexibility index (Phi) is 4.36. The molecular formula is C12H20O2. The average Bonchev–Trinajstić information content (AvgIpc) is 2.27. The zero-order valence-electron chi connectivity index (χ0n) is 8.60. The van der Waals surface area contributed by atoms with Crippen LogP contribution in [-0.4, -0.2) is 22.4 Å². The SMILES string of the molecule is C=CC(O)C1CCC(C(O)C=C)CC1. The first-order valence-electron chi connectivity index (χ1n) is 5.30. The van der Waals surface area contributed by atoms with E-state index in [1.54, 1.807) is 12.2 Å². The molecule has 0 aromatic carbocycles. The molecule has 80 valence electrons. The van der Waals surface area contributed by atoms with Gasteiger partial charge in [-0.3, -0.25) is 0 Å². The first kappa shape index (κ1) is 11.5. The third kappa shape index (κ3) is 2.69. The highest BCUT2D eigenvalue weighted by Gasteiger charge is 2.27. The smallest absolute Gasteiger partial charge is 0.0746 e. The van der Waals surface area contributed by atoms with Crippen LogP contribution in [0.1, 0.15) is 25.7 Å². The lowest BCUT2D eigenvalue weighted by Gasteiger charge is -2.31. The van der Waals surface area contributed by atoms with Gasteiger partial charge in [-0.25, -0.2) is 0 Å². The normalized spacial score (nSPS) is 31.9. The van der Waals surface area contributed by atoms with E-state index in [2.05, 4.69) is 13.2 Å². The Balaban J connectivity index is 2.38. The largest absolute Gasteiger partial charge is 0.389 e. The minimum Gasteiger partial charge on any atom is -0.389 e. The van der Waals surface area contributed by atoms with Crippen LogP contribution in [0.2, 0.25) is 0 Å². The van der Waals surface area contributed by atoms with Gasteiger partial charge in [0.25, 0.3) is 0 Å². The van der Waals surface area contributed by atoms with E-state index in [9.17, 15) is 10.2 Å². The quantitative estimate of drug-likeness (QED) is 0.674. The van der Waals surface area contributed by atoms with Crippen molar-refractivity contribution in [2.75, 3.05) is 0 Å². The fraction of sp³-hybridized carbons (Fsp3) is 0.667. The van der Waals surface area contributed by atoms with Crippen molar-refractivity contribution in [3.8, 4) is 0 Å². The summed E-state index contributed by atoms with van der Waals surface area (Å²) >= 11 is 0. The molecule has 1 saturated carbocycles. The summed E-state index contributed by atoms with van der Waals surface area (Å²) in [6.45, 7) is 7.18. The van der Waals surface area contributed by atoms with Gasteiger partial charge < -0.3 is 10.2 Å². The fourth-order valence-electron chi connectivity index (χ4n) is 2.21. The predicted molar refractivity (Wildman–Crippen MR) is 57.9 cm³/mol. The van der Waals surface area contributed by atoms with Crippen molar-refractivity contribution in [1.82, 2.24) is 0 Å². The topological polar surface area (TPSA) is 40.5 Å². The molecule has 1 aliphatic carbocycles. The number of aliphatic hydroxyl groups is 2. The molecule has 0 aliphatic heterocycles. The van der Waals surface area contributed by atoms with Gasteiger partial charge in [0.05, 0.1) is 12.2 Å². The molecule has 2 heteroatoms. The molecule has 14 heavy (non-hydrogen) atoms. The maximum Gasteiger partial charge on any atom is 0.0746 e. The van der Waals surface area contributed by atoms with Crippen molar-refractivity contribution < 1.29 is 10.2 Å². The number of hydrogen-bond acceptors (Lipinski definition) is 2. The molecule has 2 N–H and O–H groups in total. The lowest BCUT2D eigenvalue weighted by molar-refractivity contribution is 0.0704. The van der Waals surface area contributed by atoms with Crippen molar-refractivity contribution in [2.24, 2.45) is 11.8 Å². The molecule has 0 radical (unpaired) electrons. The van der Waals surface area contributed by atoms with Gasteiger partial charge in [0, 0.05) is 0 Å². The van der Waals surface area contributed by atoms with Crippen molar-refractivity contribution >= 4 is 0 Å². The highest BCUT2D eigenvalue weighted by Crippen LogP contribution is 2.33. The predicted octanol–water partition coefficient (Wildman–Crippen LogP) is 1.89. The van der Waals surface area contributed by atoms with Crippen molar-refractivity contribution in [3.05, 3.63) is 25.3 Å². The van der Waals surface area contributed by atoms with Crippen molar-refractivity contribution in [1.29, 1.82) is 0 Å². The van der Waals surface area contributed by atoms with E-state index in [1.165, 1.54) is 0 Å². The number of rotatable bonds is 4. The number of hydrogen-bond donors (Lipinski definition) is 2. The van der Waals surface area contributed by atoms with Gasteiger partial charge in [0.15, 0.2) is 0 Å². The molecule has 1 fully saturated rings. The summed E-state index contributed by atoms with van der Waals surface area (Å²) in [5, 5.41) is 19.1. The molecule has 2 atom stereocenters. The maximum absolute atomic E-state index is 9.56. The van der Waals surface area contributed by atoms with Gasteiger partial charge in [-0.1, -0.05) is 12.2 Å². The maximum atomic E-state index is 9.56. The van der Waals surface area contributed by atoms with E-state index < -0.39 is 0 Å². The molecule has 2 unspecified atom stereocenters. The molecule has 0 bridgehead atoms. The molecule has 0 aromatic rings. The number of aliphatic hydroxyl groups excluding tert-OH is 2. The summed E-state index contributed by atoms with van der Waals surface area (Å²) < 4.78 is 0. The zero-order valence-corrected chi connectivity index (χ0v) is 8.60. The zero-order chi connectivity index (χ0) is 10.6. The van der Waals surface area contributed by atoms with Gasteiger partial charge in [0.2, 0.25) is 0 Å².